The molecule has 0 aliphatic heterocycles. The van der Waals surface area contributed by atoms with Crippen LogP contribution in [0, 0.1) is 0 Å². The molecule has 9 nitrogen and oxygen atoms in total. The van der Waals surface area contributed by atoms with Crippen LogP contribution in [0.5, 0.6) is 0 Å². The second-order valence-corrected chi connectivity index (χ2v) is 5.02. The lowest BCUT2D eigenvalue weighted by molar-refractivity contribution is 0.230. The summed E-state index contributed by atoms with van der Waals surface area (Å²) >= 11 is 0. The van der Waals surface area contributed by atoms with Crippen LogP contribution >= 0.6 is 23.6 Å². The predicted molar refractivity (Wildman–Crippen MR) is 32.3 cm³/mol. The van der Waals surface area contributed by atoms with Crippen LogP contribution in [0.3, 0.4) is 0 Å². The lowest BCUT2D eigenvalue weighted by atomic mass is 15.7. The third-order valence-corrected chi connectivity index (χ3v) is 3.41. The Bertz CT molecular complexity index is 294. The van der Waals surface area contributed by atoms with Crippen molar-refractivity contribution < 1.29 is 41.6 Å². The van der Waals surface area contributed by atoms with E-state index < -0.39 is 23.6 Å². The molecule has 0 aliphatic carbocycles. The quantitative estimate of drug-likeness (QED) is 0.589. The van der Waals surface area contributed by atoms with Gasteiger partial charge in [0.05, 0.1) is 0 Å². The number of phosphoric acid groups is 2. The molecule has 12 heteroatoms. The van der Waals surface area contributed by atoms with Crippen molar-refractivity contribution >= 4 is 23.6 Å². The first-order valence-corrected chi connectivity index (χ1v) is 6.18. The van der Waals surface area contributed by atoms with Gasteiger partial charge in [-0.3, -0.25) is 0 Å². The third kappa shape index (κ3) is 6.84. The summed E-state index contributed by atoms with van der Waals surface area (Å²) < 4.78 is 45.7. The van der Waals surface area contributed by atoms with Gasteiger partial charge in [0.15, 0.2) is 0 Å². The van der Waals surface area contributed by atoms with E-state index in [1.54, 1.807) is 0 Å². The SMILES string of the molecule is O=P(=O)OP(=O)(O)OP(=O)(O)O. The minimum Gasteiger partial charge on any atom is -0.302 e. The van der Waals surface area contributed by atoms with E-state index in [2.05, 4.69) is 8.62 Å². The van der Waals surface area contributed by atoms with Gasteiger partial charge >= 0.3 is 23.6 Å². The smallest absolute Gasteiger partial charge is 0.302 e. The van der Waals surface area contributed by atoms with Crippen molar-refractivity contribution in [2.75, 3.05) is 0 Å². The van der Waals surface area contributed by atoms with Crippen molar-refractivity contribution in [3.8, 4) is 0 Å². The van der Waals surface area contributed by atoms with E-state index in [4.69, 9.17) is 14.7 Å². The van der Waals surface area contributed by atoms with Crippen LogP contribution in [0.2, 0.25) is 0 Å². The Kier molecular flexibility index (Phi) is 3.96. The summed E-state index contributed by atoms with van der Waals surface area (Å²) in [7, 11) is -14.2. The molecule has 72 valence electrons. The lowest BCUT2D eigenvalue weighted by Crippen LogP contribution is -1.86. The highest BCUT2D eigenvalue weighted by atomic mass is 31.3. The molecular formula is H3O9P3. The van der Waals surface area contributed by atoms with E-state index >= 15 is 0 Å². The highest BCUT2D eigenvalue weighted by molar-refractivity contribution is 7.63. The Morgan fingerprint density at radius 2 is 1.50 bits per heavy atom. The normalized spacial score (nSPS) is 16.9. The minimum absolute atomic E-state index is 3.11. The molecule has 0 bridgehead atoms. The first-order valence-electron chi connectivity index (χ1n) is 2.06. The van der Waals surface area contributed by atoms with Gasteiger partial charge < -0.3 is 14.7 Å². The zero-order chi connectivity index (χ0) is 9.99. The molecule has 0 saturated carbocycles. The van der Waals surface area contributed by atoms with Crippen molar-refractivity contribution in [3.63, 3.8) is 0 Å². The van der Waals surface area contributed by atoms with Crippen molar-refractivity contribution in [2.45, 2.75) is 0 Å². The van der Waals surface area contributed by atoms with Crippen LogP contribution in [0.4, 0.5) is 0 Å². The zero-order valence-electron chi connectivity index (χ0n) is 5.13. The van der Waals surface area contributed by atoms with Crippen LogP contribution < -0.4 is 0 Å². The fourth-order valence-electron chi connectivity index (χ4n) is 0.234. The first-order chi connectivity index (χ1) is 5.12. The molecule has 0 aliphatic rings. The fraction of sp³-hybridized carbons (Fsp3) is 0. The van der Waals surface area contributed by atoms with Crippen molar-refractivity contribution in [1.29, 1.82) is 0 Å². The highest BCUT2D eigenvalue weighted by Crippen LogP contribution is 2.59. The van der Waals surface area contributed by atoms with E-state index in [9.17, 15) is 18.3 Å². The van der Waals surface area contributed by atoms with Gasteiger partial charge in [-0.15, -0.1) is 0 Å². The highest BCUT2D eigenvalue weighted by Gasteiger charge is 2.34. The number of rotatable bonds is 4. The Balaban J connectivity index is 4.45. The maximum atomic E-state index is 10.3. The molecule has 0 radical (unpaired) electrons. The van der Waals surface area contributed by atoms with Crippen molar-refractivity contribution in [2.24, 2.45) is 0 Å². The molecule has 1 atom stereocenters. The Morgan fingerprint density at radius 1 is 1.08 bits per heavy atom. The topological polar surface area (TPSA) is 147 Å². The summed E-state index contributed by atoms with van der Waals surface area (Å²) in [6.45, 7) is 0. The maximum absolute atomic E-state index is 10.3. The monoisotopic (exact) mass is 240 g/mol. The second kappa shape index (κ2) is 3.91. The van der Waals surface area contributed by atoms with E-state index in [1.807, 2.05) is 0 Å². The lowest BCUT2D eigenvalue weighted by Gasteiger charge is -2.06. The molecule has 3 N–H and O–H groups in total. The fourth-order valence-corrected chi connectivity index (χ4v) is 2.37. The van der Waals surface area contributed by atoms with Crippen LogP contribution in [-0.2, 0) is 26.9 Å². The van der Waals surface area contributed by atoms with E-state index in [1.165, 1.54) is 0 Å². The molecule has 0 spiro atoms. The van der Waals surface area contributed by atoms with Gasteiger partial charge in [0.1, 0.15) is 0 Å². The molecule has 0 amide bonds. The molecule has 0 saturated heterocycles. The Morgan fingerprint density at radius 3 is 1.75 bits per heavy atom. The summed E-state index contributed by atoms with van der Waals surface area (Å²) in [6, 6.07) is 0. The Hall–Kier alpha value is 0.160. The van der Waals surface area contributed by atoms with Gasteiger partial charge in [0.25, 0.3) is 0 Å². The van der Waals surface area contributed by atoms with Gasteiger partial charge in [0, 0.05) is 0 Å². The average molecular weight is 240 g/mol. The maximum Gasteiger partial charge on any atom is 0.493 e. The van der Waals surface area contributed by atoms with Gasteiger partial charge in [-0.05, 0) is 0 Å². The molecule has 0 aromatic carbocycles. The molecule has 0 heterocycles. The van der Waals surface area contributed by atoms with Gasteiger partial charge in [-0.2, -0.15) is 8.62 Å². The Labute approximate surface area is 66.1 Å². The number of hydrogen-bond acceptors (Lipinski definition) is 6. The van der Waals surface area contributed by atoms with Crippen molar-refractivity contribution in [1.82, 2.24) is 0 Å². The summed E-state index contributed by atoms with van der Waals surface area (Å²) in [5, 5.41) is 0. The average Bonchev–Trinajstić information content (AvgIpc) is 1.48. The predicted octanol–water partition coefficient (Wildman–Crippen LogP) is 0.301. The van der Waals surface area contributed by atoms with Crippen molar-refractivity contribution in [3.05, 3.63) is 0 Å². The minimum atomic E-state index is -5.25. The van der Waals surface area contributed by atoms with E-state index in [0.29, 0.717) is 0 Å². The van der Waals surface area contributed by atoms with E-state index in [0.717, 1.165) is 0 Å². The summed E-state index contributed by atoms with van der Waals surface area (Å²) in [4.78, 5) is 24.1. The standard InChI is InChI=1S/H3O9P3/c1-10(2)8-12(6,7)9-11(3,4)5/h(H,6,7)(H2,3,4,5). The number of hydrogen-bond donors (Lipinski definition) is 3. The molecule has 0 fully saturated rings. The van der Waals surface area contributed by atoms with E-state index in [-0.39, 0.29) is 0 Å². The zero-order valence-corrected chi connectivity index (χ0v) is 7.82. The van der Waals surface area contributed by atoms with Crippen LogP contribution in [0.25, 0.3) is 0 Å². The first kappa shape index (κ1) is 12.2. The summed E-state index contributed by atoms with van der Waals surface area (Å²) in [6.07, 6.45) is 0. The third-order valence-electron chi connectivity index (χ3n) is 0.379. The van der Waals surface area contributed by atoms with Crippen LogP contribution in [0.15, 0.2) is 0 Å². The summed E-state index contributed by atoms with van der Waals surface area (Å²) in [5.41, 5.74) is 0. The molecule has 12 heavy (non-hydrogen) atoms. The van der Waals surface area contributed by atoms with Gasteiger partial charge in [-0.25, -0.2) is 18.3 Å². The van der Waals surface area contributed by atoms with Gasteiger partial charge in [0.2, 0.25) is 0 Å². The van der Waals surface area contributed by atoms with Crippen LogP contribution in [-0.4, -0.2) is 14.7 Å². The second-order valence-electron chi connectivity index (χ2n) is 1.35. The molecular weight excluding hydrogens is 237 g/mol. The van der Waals surface area contributed by atoms with Crippen LogP contribution in [0.1, 0.15) is 0 Å². The molecule has 0 rings (SSSR count). The molecule has 0 aromatic rings. The summed E-state index contributed by atoms with van der Waals surface area (Å²) in [5.74, 6) is 0. The van der Waals surface area contributed by atoms with Gasteiger partial charge in [-0.1, -0.05) is 0 Å². The molecule has 1 unspecified atom stereocenters. The largest absolute Gasteiger partial charge is 0.493 e. The molecule has 0 aromatic heterocycles.